The summed E-state index contributed by atoms with van der Waals surface area (Å²) in [4.78, 5) is 40.7. The number of nitrogens with zero attached hydrogens (tertiary/aromatic N) is 4. The van der Waals surface area contributed by atoms with E-state index in [-0.39, 0.29) is 22.9 Å². The molecule has 2 amide bonds. The number of morpholine rings is 1. The van der Waals surface area contributed by atoms with Gasteiger partial charge < -0.3 is 19.7 Å². The van der Waals surface area contributed by atoms with Crippen molar-refractivity contribution in [3.05, 3.63) is 93.2 Å². The van der Waals surface area contributed by atoms with Crippen molar-refractivity contribution in [2.45, 2.75) is 20.8 Å². The second kappa shape index (κ2) is 16.2. The fourth-order valence-corrected chi connectivity index (χ4v) is 4.40. The third-order valence-electron chi connectivity index (χ3n) is 6.50. The van der Waals surface area contributed by atoms with Gasteiger partial charge in [0, 0.05) is 57.3 Å². The highest BCUT2D eigenvalue weighted by atomic mass is 35.5. The lowest BCUT2D eigenvalue weighted by atomic mass is 10.3. The van der Waals surface area contributed by atoms with Crippen molar-refractivity contribution in [1.82, 2.24) is 19.2 Å². The average molecular weight is 627 g/mol. The normalized spacial score (nSPS) is 12.2. The lowest BCUT2D eigenvalue weighted by molar-refractivity contribution is 0.0564. The molecule has 234 valence electrons. The molecule has 44 heavy (non-hydrogen) atoms. The van der Waals surface area contributed by atoms with Crippen molar-refractivity contribution in [3.8, 4) is 17.2 Å². The SMILES string of the molecule is CC.CNc1cc(F)c(Oc2ccnc(NC(=O)N3CCOCC3)c2)cc1Cl.Cc1c(C=O)c(=O)n(-c2ccccc2)n1C. The molecule has 11 nitrogen and oxygen atoms in total. The van der Waals surface area contributed by atoms with Gasteiger partial charge in [0.15, 0.2) is 17.9 Å². The Morgan fingerprint density at radius 3 is 2.41 bits per heavy atom. The van der Waals surface area contributed by atoms with Crippen LogP contribution in [0, 0.1) is 12.7 Å². The predicted molar refractivity (Wildman–Crippen MR) is 169 cm³/mol. The molecule has 0 atom stereocenters. The highest BCUT2D eigenvalue weighted by Gasteiger charge is 2.18. The molecule has 0 saturated carbocycles. The van der Waals surface area contributed by atoms with Gasteiger partial charge in [-0.2, -0.15) is 0 Å². The fraction of sp³-hybridized carbons (Fsp3) is 0.290. The molecule has 5 rings (SSSR count). The Hall–Kier alpha value is -4.68. The Bertz CT molecular complexity index is 1620. The molecule has 13 heteroatoms. The van der Waals surface area contributed by atoms with E-state index in [1.54, 1.807) is 36.7 Å². The van der Waals surface area contributed by atoms with Crippen LogP contribution in [0.25, 0.3) is 5.69 Å². The first-order valence-electron chi connectivity index (χ1n) is 14.0. The van der Waals surface area contributed by atoms with Gasteiger partial charge in [0.2, 0.25) is 0 Å². The van der Waals surface area contributed by atoms with Gasteiger partial charge in [-0.25, -0.2) is 18.9 Å². The van der Waals surface area contributed by atoms with Gasteiger partial charge in [-0.1, -0.05) is 43.6 Å². The molecule has 1 fully saturated rings. The van der Waals surface area contributed by atoms with Crippen molar-refractivity contribution in [2.75, 3.05) is 44.0 Å². The van der Waals surface area contributed by atoms with Crippen molar-refractivity contribution < 1.29 is 23.5 Å². The standard InChI is InChI=1S/C17H18ClFN4O3.C12H12N2O2.C2H6/c1-20-14-10-13(19)15(9-12(14)18)26-11-2-3-21-16(8-11)22-17(24)23-4-6-25-7-5-23;1-9-11(8-15)12(16)14(13(9)2)10-6-4-3-5-7-10;1-2/h2-3,8-10,20H,4-7H2,1H3,(H,21,22,24);3-8H,1-2H3;1-2H3. The third-order valence-corrected chi connectivity index (χ3v) is 6.81. The zero-order valence-electron chi connectivity index (χ0n) is 25.3. The molecule has 2 N–H and O–H groups in total. The number of rotatable bonds is 6. The Morgan fingerprint density at radius 2 is 1.80 bits per heavy atom. The zero-order chi connectivity index (χ0) is 32.2. The summed E-state index contributed by atoms with van der Waals surface area (Å²) in [5, 5.41) is 5.82. The maximum Gasteiger partial charge on any atom is 0.323 e. The highest BCUT2D eigenvalue weighted by molar-refractivity contribution is 6.33. The lowest BCUT2D eigenvalue weighted by Gasteiger charge is -2.26. The molecule has 2 aromatic heterocycles. The smallest absolute Gasteiger partial charge is 0.323 e. The predicted octanol–water partition coefficient (Wildman–Crippen LogP) is 5.90. The number of amides is 2. The van der Waals surface area contributed by atoms with E-state index in [9.17, 15) is 18.8 Å². The topological polar surface area (TPSA) is 120 Å². The Morgan fingerprint density at radius 1 is 1.11 bits per heavy atom. The zero-order valence-corrected chi connectivity index (χ0v) is 26.0. The fourth-order valence-electron chi connectivity index (χ4n) is 4.15. The summed E-state index contributed by atoms with van der Waals surface area (Å²) in [7, 11) is 3.41. The summed E-state index contributed by atoms with van der Waals surface area (Å²) in [5.41, 5.74) is 1.83. The Kier molecular flexibility index (Phi) is 12.5. The summed E-state index contributed by atoms with van der Waals surface area (Å²) in [6, 6.07) is 14.7. The maximum absolute atomic E-state index is 14.1. The van der Waals surface area contributed by atoms with Gasteiger partial charge in [-0.15, -0.1) is 0 Å². The number of hydrogen-bond donors (Lipinski definition) is 2. The first kappa shape index (κ1) is 33.8. The molecule has 4 aromatic rings. The third kappa shape index (κ3) is 8.23. The summed E-state index contributed by atoms with van der Waals surface area (Å²) in [6.07, 6.45) is 2.07. The van der Waals surface area contributed by atoms with Crippen LogP contribution in [0.2, 0.25) is 5.02 Å². The monoisotopic (exact) mass is 626 g/mol. The number of benzene rings is 2. The van der Waals surface area contributed by atoms with E-state index < -0.39 is 5.82 Å². The van der Waals surface area contributed by atoms with Gasteiger partial charge in [0.05, 0.1) is 29.6 Å². The number of para-hydroxylation sites is 1. The van der Waals surface area contributed by atoms with Gasteiger partial charge >= 0.3 is 6.03 Å². The number of carbonyl (C=O) groups is 2. The van der Waals surface area contributed by atoms with Crippen LogP contribution in [-0.4, -0.2) is 64.9 Å². The molecule has 1 aliphatic rings. The van der Waals surface area contributed by atoms with Crippen molar-refractivity contribution in [1.29, 1.82) is 0 Å². The molecule has 0 radical (unpaired) electrons. The molecule has 3 heterocycles. The first-order chi connectivity index (χ1) is 21.2. The number of aromatic nitrogens is 3. The largest absolute Gasteiger partial charge is 0.454 e. The minimum atomic E-state index is -0.561. The van der Waals surface area contributed by atoms with E-state index in [1.807, 2.05) is 44.2 Å². The van der Waals surface area contributed by atoms with Crippen LogP contribution in [0.5, 0.6) is 11.5 Å². The van der Waals surface area contributed by atoms with Crippen LogP contribution in [-0.2, 0) is 11.8 Å². The van der Waals surface area contributed by atoms with Gasteiger partial charge in [0.25, 0.3) is 5.56 Å². The van der Waals surface area contributed by atoms with Crippen LogP contribution in [0.3, 0.4) is 0 Å². The number of aldehydes is 1. The summed E-state index contributed by atoms with van der Waals surface area (Å²) in [6.45, 7) is 7.80. The van der Waals surface area contributed by atoms with Crippen LogP contribution >= 0.6 is 11.6 Å². The number of ether oxygens (including phenoxy) is 2. The van der Waals surface area contributed by atoms with Crippen LogP contribution in [0.4, 0.5) is 20.7 Å². The molecular weight excluding hydrogens is 591 g/mol. The van der Waals surface area contributed by atoms with Crippen molar-refractivity contribution >= 4 is 35.4 Å². The molecule has 0 unspecified atom stereocenters. The Labute approximate surface area is 260 Å². The number of pyridine rings is 1. The molecule has 0 aliphatic carbocycles. The molecule has 2 aromatic carbocycles. The van der Waals surface area contributed by atoms with Crippen LogP contribution < -0.4 is 20.9 Å². The minimum absolute atomic E-state index is 0.0225. The summed E-state index contributed by atoms with van der Waals surface area (Å²) in [5.74, 6) is 0.0434. The van der Waals surface area contributed by atoms with E-state index >= 15 is 0 Å². The number of carbonyl (C=O) groups excluding carboxylic acids is 2. The van der Waals surface area contributed by atoms with Crippen LogP contribution in [0.15, 0.2) is 65.6 Å². The number of nitrogens with one attached hydrogen (secondary N) is 2. The lowest BCUT2D eigenvalue weighted by Crippen LogP contribution is -2.43. The summed E-state index contributed by atoms with van der Waals surface area (Å²) < 4.78 is 28.1. The van der Waals surface area contributed by atoms with E-state index in [0.29, 0.717) is 60.6 Å². The first-order valence-corrected chi connectivity index (χ1v) is 14.3. The van der Waals surface area contributed by atoms with Gasteiger partial charge in [-0.3, -0.25) is 19.6 Å². The molecule has 1 saturated heterocycles. The second-order valence-electron chi connectivity index (χ2n) is 9.11. The van der Waals surface area contributed by atoms with E-state index in [4.69, 9.17) is 21.1 Å². The number of hydrogen-bond acceptors (Lipinski definition) is 7. The number of halogens is 2. The molecule has 0 spiro atoms. The second-order valence-corrected chi connectivity index (χ2v) is 9.52. The van der Waals surface area contributed by atoms with Gasteiger partial charge in [0.1, 0.15) is 17.1 Å². The maximum atomic E-state index is 14.1. The quantitative estimate of drug-likeness (QED) is 0.256. The van der Waals surface area contributed by atoms with E-state index in [2.05, 4.69) is 15.6 Å². The van der Waals surface area contributed by atoms with Gasteiger partial charge in [-0.05, 0) is 25.1 Å². The minimum Gasteiger partial charge on any atom is -0.454 e. The van der Waals surface area contributed by atoms with Crippen molar-refractivity contribution in [2.24, 2.45) is 7.05 Å². The summed E-state index contributed by atoms with van der Waals surface area (Å²) >= 11 is 6.06. The highest BCUT2D eigenvalue weighted by Crippen LogP contribution is 2.33. The molecule has 0 bridgehead atoms. The number of anilines is 2. The van der Waals surface area contributed by atoms with Crippen molar-refractivity contribution in [3.63, 3.8) is 0 Å². The average Bonchev–Trinajstić information content (AvgIpc) is 3.27. The molecular formula is C31H36ClFN6O5. The number of urea groups is 1. The Balaban J connectivity index is 0.000000251. The molecule has 1 aliphatic heterocycles. The van der Waals surface area contributed by atoms with E-state index in [1.165, 1.54) is 29.1 Å². The van der Waals surface area contributed by atoms with Crippen LogP contribution in [0.1, 0.15) is 29.9 Å². The van der Waals surface area contributed by atoms with E-state index in [0.717, 1.165) is 5.69 Å².